The number of fused-ring (bicyclic) bond motifs is 1. The van der Waals surface area contributed by atoms with E-state index in [1.54, 1.807) is 11.3 Å². The third kappa shape index (κ3) is 4.43. The van der Waals surface area contributed by atoms with Crippen molar-refractivity contribution < 1.29 is 9.90 Å². The maximum absolute atomic E-state index is 12.0. The molecule has 0 saturated heterocycles. The molecule has 4 nitrogen and oxygen atoms in total. The van der Waals surface area contributed by atoms with Crippen LogP contribution >= 0.6 is 23.1 Å². The van der Waals surface area contributed by atoms with E-state index in [1.807, 2.05) is 45.0 Å². The third-order valence-corrected chi connectivity index (χ3v) is 5.41. The maximum atomic E-state index is 12.0. The second-order valence-electron chi connectivity index (χ2n) is 5.26. The van der Waals surface area contributed by atoms with E-state index in [-0.39, 0.29) is 17.1 Å². The van der Waals surface area contributed by atoms with Gasteiger partial charge in [0.1, 0.15) is 0 Å². The van der Waals surface area contributed by atoms with Gasteiger partial charge in [0.15, 0.2) is 4.34 Å². The van der Waals surface area contributed by atoms with Crippen molar-refractivity contribution in [2.24, 2.45) is 5.92 Å². The Balaban J connectivity index is 1.91. The molecule has 2 rings (SSSR count). The Morgan fingerprint density at radius 3 is 2.76 bits per heavy atom. The van der Waals surface area contributed by atoms with Crippen LogP contribution in [-0.4, -0.2) is 33.9 Å². The van der Waals surface area contributed by atoms with Crippen LogP contribution in [0, 0.1) is 5.92 Å². The molecule has 0 fully saturated rings. The summed E-state index contributed by atoms with van der Waals surface area (Å²) in [7, 11) is 0. The summed E-state index contributed by atoms with van der Waals surface area (Å²) in [5.41, 5.74) is 0.966. The minimum Gasteiger partial charge on any atom is -0.391 e. The Labute approximate surface area is 133 Å². The van der Waals surface area contributed by atoms with Crippen LogP contribution in [0.25, 0.3) is 10.2 Å². The minimum absolute atomic E-state index is 0.0704. The molecule has 114 valence electrons. The zero-order valence-corrected chi connectivity index (χ0v) is 14.0. The number of carbonyl (C=O) groups excluding carboxylic acids is 1. The number of amides is 1. The van der Waals surface area contributed by atoms with Gasteiger partial charge in [-0.3, -0.25) is 4.79 Å². The van der Waals surface area contributed by atoms with E-state index in [1.165, 1.54) is 11.8 Å². The van der Waals surface area contributed by atoms with Gasteiger partial charge in [0.25, 0.3) is 0 Å². The van der Waals surface area contributed by atoms with Gasteiger partial charge in [-0.1, -0.05) is 37.7 Å². The van der Waals surface area contributed by atoms with E-state index >= 15 is 0 Å². The molecule has 6 heteroatoms. The number of thioether (sulfide) groups is 1. The van der Waals surface area contributed by atoms with Gasteiger partial charge in [0.2, 0.25) is 5.91 Å². The summed E-state index contributed by atoms with van der Waals surface area (Å²) in [4.78, 5) is 16.5. The lowest BCUT2D eigenvalue weighted by Gasteiger charge is -2.16. The van der Waals surface area contributed by atoms with Crippen molar-refractivity contribution in [2.75, 3.05) is 6.54 Å². The average molecular weight is 324 g/mol. The number of nitrogens with one attached hydrogen (secondary N) is 1. The van der Waals surface area contributed by atoms with Crippen LogP contribution in [0.15, 0.2) is 28.6 Å². The molecule has 0 aliphatic carbocycles. The summed E-state index contributed by atoms with van der Waals surface area (Å²) in [6.07, 6.45) is -0.506. The maximum Gasteiger partial charge on any atom is 0.233 e. The number of carbonyl (C=O) groups is 1. The summed E-state index contributed by atoms with van der Waals surface area (Å²) in [5, 5.41) is 12.3. The molecule has 1 aromatic heterocycles. The summed E-state index contributed by atoms with van der Waals surface area (Å²) in [6, 6.07) is 7.94. The van der Waals surface area contributed by atoms with Gasteiger partial charge < -0.3 is 10.4 Å². The Hall–Kier alpha value is -1.11. The smallest absolute Gasteiger partial charge is 0.233 e. The highest BCUT2D eigenvalue weighted by molar-refractivity contribution is 8.02. The van der Waals surface area contributed by atoms with Gasteiger partial charge in [-0.05, 0) is 25.0 Å². The summed E-state index contributed by atoms with van der Waals surface area (Å²) in [6.45, 7) is 6.00. The molecular weight excluding hydrogens is 304 g/mol. The van der Waals surface area contributed by atoms with Crippen molar-refractivity contribution in [3.05, 3.63) is 24.3 Å². The predicted molar refractivity (Wildman–Crippen MR) is 88.8 cm³/mol. The van der Waals surface area contributed by atoms with E-state index in [0.29, 0.717) is 6.54 Å². The van der Waals surface area contributed by atoms with Crippen LogP contribution in [0.2, 0.25) is 0 Å². The molecule has 2 unspecified atom stereocenters. The zero-order valence-electron chi connectivity index (χ0n) is 12.4. The molecule has 0 radical (unpaired) electrons. The number of hydrogen-bond acceptors (Lipinski definition) is 5. The molecule has 0 saturated carbocycles. The van der Waals surface area contributed by atoms with Crippen molar-refractivity contribution in [3.8, 4) is 0 Å². The molecule has 1 amide bonds. The first-order valence-corrected chi connectivity index (χ1v) is 8.65. The van der Waals surface area contributed by atoms with Gasteiger partial charge in [-0.15, -0.1) is 11.3 Å². The summed E-state index contributed by atoms with van der Waals surface area (Å²) >= 11 is 3.05. The molecule has 0 aliphatic heterocycles. The van der Waals surface area contributed by atoms with Crippen LogP contribution < -0.4 is 5.32 Å². The Morgan fingerprint density at radius 1 is 1.38 bits per heavy atom. The van der Waals surface area contributed by atoms with Crippen LogP contribution in [0.1, 0.15) is 20.8 Å². The van der Waals surface area contributed by atoms with Crippen LogP contribution in [-0.2, 0) is 4.79 Å². The monoisotopic (exact) mass is 324 g/mol. The second-order valence-corrected chi connectivity index (χ2v) is 7.88. The lowest BCUT2D eigenvalue weighted by Crippen LogP contribution is -2.38. The number of rotatable bonds is 6. The van der Waals surface area contributed by atoms with Crippen molar-refractivity contribution in [2.45, 2.75) is 36.5 Å². The van der Waals surface area contributed by atoms with Gasteiger partial charge >= 0.3 is 0 Å². The zero-order chi connectivity index (χ0) is 15.4. The average Bonchev–Trinajstić information content (AvgIpc) is 2.86. The Morgan fingerprint density at radius 2 is 2.10 bits per heavy atom. The number of thiazole rings is 1. The van der Waals surface area contributed by atoms with Gasteiger partial charge in [0, 0.05) is 6.54 Å². The fourth-order valence-corrected chi connectivity index (χ4v) is 3.93. The molecule has 0 aliphatic rings. The highest BCUT2D eigenvalue weighted by Gasteiger charge is 2.18. The highest BCUT2D eigenvalue weighted by atomic mass is 32.2. The van der Waals surface area contributed by atoms with Crippen LogP contribution in [0.5, 0.6) is 0 Å². The standard InChI is InChI=1S/C15H20N2O2S2/c1-9(2)12(18)8-16-14(19)10(3)20-15-17-11-6-4-5-7-13(11)21-15/h4-7,9-10,12,18H,8H2,1-3H3,(H,16,19). The molecule has 2 N–H and O–H groups in total. The first kappa shape index (κ1) is 16.3. The quantitative estimate of drug-likeness (QED) is 0.802. The fourth-order valence-electron chi connectivity index (χ4n) is 1.69. The first-order chi connectivity index (χ1) is 9.97. The molecule has 0 bridgehead atoms. The molecule has 21 heavy (non-hydrogen) atoms. The van der Waals surface area contributed by atoms with E-state index in [2.05, 4.69) is 10.3 Å². The molecule has 1 heterocycles. The lowest BCUT2D eigenvalue weighted by atomic mass is 10.1. The van der Waals surface area contributed by atoms with Crippen LogP contribution in [0.4, 0.5) is 0 Å². The number of benzene rings is 1. The number of hydrogen-bond donors (Lipinski definition) is 2. The Bertz CT molecular complexity index is 579. The number of para-hydroxylation sites is 1. The summed E-state index contributed by atoms with van der Waals surface area (Å²) < 4.78 is 2.02. The highest BCUT2D eigenvalue weighted by Crippen LogP contribution is 2.31. The van der Waals surface area contributed by atoms with Crippen LogP contribution in [0.3, 0.4) is 0 Å². The Kier molecular flexibility index (Phi) is 5.61. The van der Waals surface area contributed by atoms with Crippen molar-refractivity contribution in [1.82, 2.24) is 10.3 Å². The largest absolute Gasteiger partial charge is 0.391 e. The topological polar surface area (TPSA) is 62.2 Å². The van der Waals surface area contributed by atoms with Crippen molar-refractivity contribution in [1.29, 1.82) is 0 Å². The SMILES string of the molecule is CC(Sc1nc2ccccc2s1)C(=O)NCC(O)C(C)C. The molecule has 2 atom stereocenters. The first-order valence-electron chi connectivity index (χ1n) is 6.95. The summed E-state index contributed by atoms with van der Waals surface area (Å²) in [5.74, 6) is 0.0662. The third-order valence-electron chi connectivity index (χ3n) is 3.18. The normalized spacial score (nSPS) is 14.3. The lowest BCUT2D eigenvalue weighted by molar-refractivity contribution is -0.120. The fraction of sp³-hybridized carbons (Fsp3) is 0.467. The van der Waals surface area contributed by atoms with Crippen molar-refractivity contribution in [3.63, 3.8) is 0 Å². The van der Waals surface area contributed by atoms with E-state index < -0.39 is 6.10 Å². The predicted octanol–water partition coefficient (Wildman–Crippen LogP) is 2.91. The van der Waals surface area contributed by atoms with E-state index in [9.17, 15) is 9.90 Å². The molecule has 1 aromatic carbocycles. The number of aliphatic hydroxyl groups excluding tert-OH is 1. The number of nitrogens with zero attached hydrogens (tertiary/aromatic N) is 1. The molecular formula is C15H20N2O2S2. The van der Waals surface area contributed by atoms with Gasteiger partial charge in [-0.25, -0.2) is 4.98 Å². The van der Waals surface area contributed by atoms with E-state index in [0.717, 1.165) is 14.6 Å². The van der Waals surface area contributed by atoms with Gasteiger partial charge in [-0.2, -0.15) is 0 Å². The van der Waals surface area contributed by atoms with E-state index in [4.69, 9.17) is 0 Å². The second kappa shape index (κ2) is 7.24. The molecule has 0 spiro atoms. The number of aromatic nitrogens is 1. The van der Waals surface area contributed by atoms with Crippen molar-refractivity contribution >= 4 is 39.2 Å². The molecule has 2 aromatic rings. The number of aliphatic hydroxyl groups is 1. The minimum atomic E-state index is -0.506. The van der Waals surface area contributed by atoms with Gasteiger partial charge in [0.05, 0.1) is 21.6 Å².